The lowest BCUT2D eigenvalue weighted by molar-refractivity contribution is 0.0665. The Hall–Kier alpha value is -0.160. The maximum atomic E-state index is 5.43. The minimum atomic E-state index is 0.683. The summed E-state index contributed by atoms with van der Waals surface area (Å²) in [5, 5.41) is 3.41. The fourth-order valence-electron chi connectivity index (χ4n) is 1.98. The first-order valence-electron chi connectivity index (χ1n) is 6.36. The maximum absolute atomic E-state index is 5.43. The van der Waals surface area contributed by atoms with Crippen molar-refractivity contribution in [1.82, 2.24) is 10.2 Å². The summed E-state index contributed by atoms with van der Waals surface area (Å²) < 4.78 is 10.4. The van der Waals surface area contributed by atoms with Crippen LogP contribution in [0, 0.1) is 0 Å². The van der Waals surface area contributed by atoms with Gasteiger partial charge in [-0.1, -0.05) is 0 Å². The van der Waals surface area contributed by atoms with Crippen LogP contribution in [-0.2, 0) is 9.47 Å². The average molecular weight is 230 g/mol. The normalized spacial score (nSPS) is 22.5. The fourth-order valence-corrected chi connectivity index (χ4v) is 1.98. The third kappa shape index (κ3) is 5.80. The molecule has 0 saturated carbocycles. The van der Waals surface area contributed by atoms with Gasteiger partial charge in [0.15, 0.2) is 0 Å². The Bertz CT molecular complexity index is 167. The van der Waals surface area contributed by atoms with E-state index in [4.69, 9.17) is 9.47 Å². The summed E-state index contributed by atoms with van der Waals surface area (Å²) in [6.45, 7) is 9.24. The predicted molar refractivity (Wildman–Crippen MR) is 65.8 cm³/mol. The first kappa shape index (κ1) is 13.9. The monoisotopic (exact) mass is 230 g/mol. The lowest BCUT2D eigenvalue weighted by atomic mass is 10.2. The number of unbranched alkanes of at least 4 members (excludes halogenated alkanes) is 1. The van der Waals surface area contributed by atoms with Gasteiger partial charge in [-0.05, 0) is 26.3 Å². The first-order chi connectivity index (χ1) is 7.84. The number of nitrogens with one attached hydrogen (secondary N) is 1. The predicted octanol–water partition coefficient (Wildman–Crippen LogP) is 0.723. The van der Waals surface area contributed by atoms with E-state index in [-0.39, 0.29) is 0 Å². The van der Waals surface area contributed by atoms with E-state index >= 15 is 0 Å². The van der Waals surface area contributed by atoms with E-state index in [0.29, 0.717) is 12.6 Å². The van der Waals surface area contributed by atoms with Gasteiger partial charge in [0, 0.05) is 39.4 Å². The fraction of sp³-hybridized carbons (Fsp3) is 1.00. The van der Waals surface area contributed by atoms with Gasteiger partial charge in [-0.25, -0.2) is 0 Å². The quantitative estimate of drug-likeness (QED) is 0.623. The molecule has 4 heteroatoms. The molecule has 1 rings (SSSR count). The molecule has 96 valence electrons. The van der Waals surface area contributed by atoms with E-state index in [1.165, 1.54) is 19.5 Å². The standard InChI is InChI=1S/C12H26N2O2/c1-12-11-13-5-7-14(12)6-3-4-8-16-10-9-15-2/h12-13H,3-11H2,1-2H3. The number of rotatable bonds is 8. The molecule has 1 N–H and O–H groups in total. The van der Waals surface area contributed by atoms with Gasteiger partial charge in [-0.3, -0.25) is 4.90 Å². The van der Waals surface area contributed by atoms with Gasteiger partial charge in [-0.2, -0.15) is 0 Å². The van der Waals surface area contributed by atoms with Gasteiger partial charge in [0.1, 0.15) is 0 Å². The average Bonchev–Trinajstić information content (AvgIpc) is 2.30. The highest BCUT2D eigenvalue weighted by Crippen LogP contribution is 2.04. The topological polar surface area (TPSA) is 33.7 Å². The van der Waals surface area contributed by atoms with Crippen LogP contribution in [0.3, 0.4) is 0 Å². The Morgan fingerprint density at radius 3 is 2.88 bits per heavy atom. The van der Waals surface area contributed by atoms with Crippen molar-refractivity contribution in [2.24, 2.45) is 0 Å². The summed E-state index contributed by atoms with van der Waals surface area (Å²) in [4.78, 5) is 2.56. The van der Waals surface area contributed by atoms with E-state index in [1.807, 2.05) is 0 Å². The van der Waals surface area contributed by atoms with Crippen LogP contribution in [-0.4, -0.2) is 64.1 Å². The van der Waals surface area contributed by atoms with Gasteiger partial charge in [-0.15, -0.1) is 0 Å². The number of piperazine rings is 1. The molecule has 1 atom stereocenters. The molecule has 16 heavy (non-hydrogen) atoms. The van der Waals surface area contributed by atoms with E-state index in [1.54, 1.807) is 7.11 Å². The van der Waals surface area contributed by atoms with Crippen LogP contribution >= 0.6 is 0 Å². The van der Waals surface area contributed by atoms with Crippen molar-refractivity contribution < 1.29 is 9.47 Å². The van der Waals surface area contributed by atoms with Crippen molar-refractivity contribution >= 4 is 0 Å². The van der Waals surface area contributed by atoms with Crippen molar-refractivity contribution in [1.29, 1.82) is 0 Å². The lowest BCUT2D eigenvalue weighted by Gasteiger charge is -2.33. The van der Waals surface area contributed by atoms with Crippen LogP contribution in [0.1, 0.15) is 19.8 Å². The third-order valence-electron chi connectivity index (χ3n) is 3.05. The van der Waals surface area contributed by atoms with Gasteiger partial charge >= 0.3 is 0 Å². The van der Waals surface area contributed by atoms with Crippen LogP contribution in [0.25, 0.3) is 0 Å². The summed E-state index contributed by atoms with van der Waals surface area (Å²) >= 11 is 0. The highest BCUT2D eigenvalue weighted by atomic mass is 16.5. The molecule has 0 aliphatic carbocycles. The Morgan fingerprint density at radius 2 is 2.12 bits per heavy atom. The molecular formula is C12H26N2O2. The molecule has 1 aliphatic rings. The molecule has 0 aromatic carbocycles. The summed E-state index contributed by atoms with van der Waals surface area (Å²) in [5.74, 6) is 0. The molecule has 1 fully saturated rings. The summed E-state index contributed by atoms with van der Waals surface area (Å²) in [6.07, 6.45) is 2.39. The molecule has 1 unspecified atom stereocenters. The minimum absolute atomic E-state index is 0.683. The molecule has 0 bridgehead atoms. The Labute approximate surface area is 99.3 Å². The van der Waals surface area contributed by atoms with E-state index in [9.17, 15) is 0 Å². The molecule has 1 aliphatic heterocycles. The molecule has 0 radical (unpaired) electrons. The van der Waals surface area contributed by atoms with Gasteiger partial charge in [0.05, 0.1) is 13.2 Å². The molecule has 1 heterocycles. The van der Waals surface area contributed by atoms with Crippen molar-refractivity contribution in [3.63, 3.8) is 0 Å². The molecule has 1 saturated heterocycles. The Morgan fingerprint density at radius 1 is 1.25 bits per heavy atom. The molecule has 0 amide bonds. The number of nitrogens with zero attached hydrogens (tertiary/aromatic N) is 1. The molecule has 0 aromatic heterocycles. The van der Waals surface area contributed by atoms with Crippen LogP contribution in [0.2, 0.25) is 0 Å². The zero-order valence-corrected chi connectivity index (χ0v) is 10.7. The summed E-state index contributed by atoms with van der Waals surface area (Å²) in [6, 6.07) is 0.683. The minimum Gasteiger partial charge on any atom is -0.382 e. The van der Waals surface area contributed by atoms with Gasteiger partial charge < -0.3 is 14.8 Å². The molecule has 4 nitrogen and oxygen atoms in total. The Kier molecular flexibility index (Phi) is 7.76. The number of methoxy groups -OCH3 is 1. The second-order valence-corrected chi connectivity index (χ2v) is 4.40. The van der Waals surface area contributed by atoms with Crippen molar-refractivity contribution in [3.8, 4) is 0 Å². The number of hydrogen-bond donors (Lipinski definition) is 1. The smallest absolute Gasteiger partial charge is 0.0700 e. The summed E-state index contributed by atoms with van der Waals surface area (Å²) in [5.41, 5.74) is 0. The van der Waals surface area contributed by atoms with Crippen molar-refractivity contribution in [3.05, 3.63) is 0 Å². The Balaban J connectivity index is 1.90. The molecular weight excluding hydrogens is 204 g/mol. The maximum Gasteiger partial charge on any atom is 0.0700 e. The van der Waals surface area contributed by atoms with E-state index < -0.39 is 0 Å². The second kappa shape index (κ2) is 8.93. The van der Waals surface area contributed by atoms with Gasteiger partial charge in [0.2, 0.25) is 0 Å². The van der Waals surface area contributed by atoms with Gasteiger partial charge in [0.25, 0.3) is 0 Å². The lowest BCUT2D eigenvalue weighted by Crippen LogP contribution is -2.49. The van der Waals surface area contributed by atoms with Crippen LogP contribution in [0.15, 0.2) is 0 Å². The van der Waals surface area contributed by atoms with Crippen LogP contribution in [0.5, 0.6) is 0 Å². The van der Waals surface area contributed by atoms with Crippen molar-refractivity contribution in [2.75, 3.05) is 53.1 Å². The summed E-state index contributed by atoms with van der Waals surface area (Å²) in [7, 11) is 1.70. The first-order valence-corrected chi connectivity index (χ1v) is 6.36. The molecule has 0 aromatic rings. The number of ether oxygens (including phenoxy) is 2. The zero-order valence-electron chi connectivity index (χ0n) is 10.7. The van der Waals surface area contributed by atoms with Crippen molar-refractivity contribution in [2.45, 2.75) is 25.8 Å². The largest absolute Gasteiger partial charge is 0.382 e. The molecule has 0 spiro atoms. The SMILES string of the molecule is COCCOCCCCN1CCNCC1C. The van der Waals surface area contributed by atoms with E-state index in [0.717, 1.165) is 32.7 Å². The van der Waals surface area contributed by atoms with Crippen LogP contribution < -0.4 is 5.32 Å². The second-order valence-electron chi connectivity index (χ2n) is 4.40. The number of hydrogen-bond acceptors (Lipinski definition) is 4. The zero-order chi connectivity index (χ0) is 11.6. The third-order valence-corrected chi connectivity index (χ3v) is 3.05. The van der Waals surface area contributed by atoms with Crippen LogP contribution in [0.4, 0.5) is 0 Å². The highest BCUT2D eigenvalue weighted by Gasteiger charge is 2.16. The highest BCUT2D eigenvalue weighted by molar-refractivity contribution is 4.75. The van der Waals surface area contributed by atoms with E-state index in [2.05, 4.69) is 17.1 Å².